The summed E-state index contributed by atoms with van der Waals surface area (Å²) in [4.78, 5) is 52.7. The highest BCUT2D eigenvalue weighted by atomic mass is 16.5. The Kier molecular flexibility index (Phi) is 6.43. The van der Waals surface area contributed by atoms with Gasteiger partial charge in [-0.2, -0.15) is 0 Å². The summed E-state index contributed by atoms with van der Waals surface area (Å²) in [5.41, 5.74) is -0.219. The molecular weight excluding hydrogens is 386 g/mol. The van der Waals surface area contributed by atoms with Crippen LogP contribution in [0.2, 0.25) is 0 Å². The van der Waals surface area contributed by atoms with E-state index in [1.54, 1.807) is 17.0 Å². The van der Waals surface area contributed by atoms with Crippen LogP contribution in [0.5, 0.6) is 0 Å². The van der Waals surface area contributed by atoms with Crippen molar-refractivity contribution in [2.24, 2.45) is 5.92 Å². The van der Waals surface area contributed by atoms with Crippen LogP contribution in [0.3, 0.4) is 0 Å². The molecule has 1 saturated heterocycles. The first-order chi connectivity index (χ1) is 14.3. The zero-order chi connectivity index (χ0) is 21.9. The molecule has 0 bridgehead atoms. The summed E-state index contributed by atoms with van der Waals surface area (Å²) >= 11 is 0. The number of hydrogen-bond donors (Lipinski definition) is 1. The molecule has 4 amide bonds. The van der Waals surface area contributed by atoms with Gasteiger partial charge in [0.2, 0.25) is 0 Å². The Hall–Kier alpha value is -2.90. The molecule has 1 saturated carbocycles. The van der Waals surface area contributed by atoms with Gasteiger partial charge in [0.15, 0.2) is 6.61 Å². The van der Waals surface area contributed by atoms with Crippen LogP contribution in [-0.2, 0) is 19.1 Å². The Morgan fingerprint density at radius 1 is 1.23 bits per heavy atom. The molecule has 162 valence electrons. The first-order valence-electron chi connectivity index (χ1n) is 10.4. The van der Waals surface area contributed by atoms with Crippen molar-refractivity contribution < 1.29 is 23.9 Å². The van der Waals surface area contributed by atoms with Crippen LogP contribution in [0.4, 0.5) is 10.5 Å². The summed E-state index contributed by atoms with van der Waals surface area (Å²) < 4.78 is 5.11. The van der Waals surface area contributed by atoms with E-state index in [1.165, 1.54) is 0 Å². The molecule has 1 aliphatic carbocycles. The number of carbonyl (C=O) groups is 4. The highest BCUT2D eigenvalue weighted by molar-refractivity contribution is 6.09. The van der Waals surface area contributed by atoms with Gasteiger partial charge in [0.1, 0.15) is 12.1 Å². The van der Waals surface area contributed by atoms with Crippen molar-refractivity contribution in [3.05, 3.63) is 30.3 Å². The number of rotatable bonds is 6. The summed E-state index contributed by atoms with van der Waals surface area (Å²) in [7, 11) is 0. The van der Waals surface area contributed by atoms with Crippen LogP contribution in [0.15, 0.2) is 30.3 Å². The Morgan fingerprint density at radius 3 is 2.57 bits per heavy atom. The third-order valence-electron chi connectivity index (χ3n) is 5.96. The number of esters is 1. The molecular formula is C22H29N3O5. The van der Waals surface area contributed by atoms with Gasteiger partial charge in [0, 0.05) is 11.7 Å². The van der Waals surface area contributed by atoms with Crippen molar-refractivity contribution in [1.82, 2.24) is 10.2 Å². The number of benzene rings is 1. The second-order valence-electron chi connectivity index (χ2n) is 8.29. The van der Waals surface area contributed by atoms with E-state index in [0.717, 1.165) is 24.2 Å². The second-order valence-corrected chi connectivity index (χ2v) is 8.29. The highest BCUT2D eigenvalue weighted by Crippen LogP contribution is 2.38. The maximum Gasteiger partial charge on any atom is 0.326 e. The average molecular weight is 415 g/mol. The number of nitrogens with one attached hydrogen (secondary N) is 1. The number of hydrogen-bond acceptors (Lipinski definition) is 5. The van der Waals surface area contributed by atoms with Crippen LogP contribution >= 0.6 is 0 Å². The lowest BCUT2D eigenvalue weighted by molar-refractivity contribution is -0.151. The molecule has 1 N–H and O–H groups in total. The maximum absolute atomic E-state index is 12.9. The second kappa shape index (κ2) is 8.85. The van der Waals surface area contributed by atoms with E-state index in [-0.39, 0.29) is 23.8 Å². The molecule has 1 aromatic carbocycles. The number of anilines is 1. The fourth-order valence-corrected chi connectivity index (χ4v) is 4.34. The lowest BCUT2D eigenvalue weighted by Crippen LogP contribution is -2.54. The molecule has 8 heteroatoms. The highest BCUT2D eigenvalue weighted by Gasteiger charge is 2.55. The number of carbonyl (C=O) groups excluding carboxylic acids is 4. The minimum Gasteiger partial charge on any atom is -0.454 e. The zero-order valence-corrected chi connectivity index (χ0v) is 17.7. The van der Waals surface area contributed by atoms with E-state index in [1.807, 2.05) is 39.0 Å². The standard InChI is InChI=1S/C22H29N3O5/c1-15(2)25(17-10-5-4-6-11-17)18(26)14-30-19(27)13-24-20(28)22(23-21(24)29)12-8-7-9-16(22)3/h4-6,10-11,15-16H,7-9,12-14H2,1-3H3,(H,23,29)/t16-,22-/m1/s1. The molecule has 1 spiro atoms. The molecule has 8 nitrogen and oxygen atoms in total. The number of ether oxygens (including phenoxy) is 1. The van der Waals surface area contributed by atoms with Gasteiger partial charge in [-0.3, -0.25) is 19.3 Å². The summed E-state index contributed by atoms with van der Waals surface area (Å²) in [5.74, 6) is -1.53. The molecule has 3 rings (SSSR count). The normalized spacial score (nSPS) is 23.6. The minimum absolute atomic E-state index is 0.00997. The van der Waals surface area contributed by atoms with Crippen molar-refractivity contribution >= 4 is 29.5 Å². The lowest BCUT2D eigenvalue weighted by Gasteiger charge is -2.36. The Morgan fingerprint density at radius 2 is 1.93 bits per heavy atom. The van der Waals surface area contributed by atoms with E-state index in [2.05, 4.69) is 5.32 Å². The molecule has 1 aliphatic heterocycles. The molecule has 1 heterocycles. The number of imide groups is 1. The molecule has 1 aromatic rings. The van der Waals surface area contributed by atoms with Gasteiger partial charge in [0.05, 0.1) is 0 Å². The number of urea groups is 1. The summed E-state index contributed by atoms with van der Waals surface area (Å²) in [5, 5.41) is 2.80. The third kappa shape index (κ3) is 4.17. The van der Waals surface area contributed by atoms with Crippen molar-refractivity contribution in [3.63, 3.8) is 0 Å². The Labute approximate surface area is 176 Å². The number of nitrogens with zero attached hydrogens (tertiary/aromatic N) is 2. The van der Waals surface area contributed by atoms with E-state index in [9.17, 15) is 19.2 Å². The topological polar surface area (TPSA) is 96.0 Å². The van der Waals surface area contributed by atoms with Gasteiger partial charge in [-0.25, -0.2) is 4.79 Å². The fraction of sp³-hybridized carbons (Fsp3) is 0.545. The van der Waals surface area contributed by atoms with Gasteiger partial charge in [-0.05, 0) is 44.7 Å². The summed E-state index contributed by atoms with van der Waals surface area (Å²) in [6.07, 6.45) is 3.30. The quantitative estimate of drug-likeness (QED) is 0.569. The van der Waals surface area contributed by atoms with Gasteiger partial charge in [-0.1, -0.05) is 38.0 Å². The maximum atomic E-state index is 12.9. The molecule has 2 aliphatic rings. The van der Waals surface area contributed by atoms with Crippen LogP contribution in [0, 0.1) is 5.92 Å². The largest absolute Gasteiger partial charge is 0.454 e. The number of amides is 4. The molecule has 0 unspecified atom stereocenters. The SMILES string of the molecule is CC(C)N(C(=O)COC(=O)CN1C(=O)N[C@@]2(CCCC[C@H]2C)C1=O)c1ccccc1. The molecule has 0 aromatic heterocycles. The predicted octanol–water partition coefficient (Wildman–Crippen LogP) is 2.47. The molecule has 0 radical (unpaired) electrons. The van der Waals surface area contributed by atoms with Gasteiger partial charge >= 0.3 is 12.0 Å². The van der Waals surface area contributed by atoms with Crippen LogP contribution in [-0.4, -0.2) is 53.4 Å². The molecule has 2 fully saturated rings. The first-order valence-corrected chi connectivity index (χ1v) is 10.4. The Bertz CT molecular complexity index is 825. The minimum atomic E-state index is -0.923. The zero-order valence-electron chi connectivity index (χ0n) is 17.7. The monoisotopic (exact) mass is 415 g/mol. The first kappa shape index (κ1) is 21.8. The molecule has 2 atom stereocenters. The predicted molar refractivity (Wildman–Crippen MR) is 111 cm³/mol. The van der Waals surface area contributed by atoms with Gasteiger partial charge in [-0.15, -0.1) is 0 Å². The summed E-state index contributed by atoms with van der Waals surface area (Å²) in [6, 6.07) is 8.40. The Balaban J connectivity index is 1.60. The van der Waals surface area contributed by atoms with E-state index in [4.69, 9.17) is 4.74 Å². The number of para-hydroxylation sites is 1. The van der Waals surface area contributed by atoms with E-state index in [0.29, 0.717) is 12.1 Å². The van der Waals surface area contributed by atoms with Crippen molar-refractivity contribution in [1.29, 1.82) is 0 Å². The van der Waals surface area contributed by atoms with Gasteiger partial charge in [0.25, 0.3) is 11.8 Å². The molecule has 30 heavy (non-hydrogen) atoms. The smallest absolute Gasteiger partial charge is 0.326 e. The lowest BCUT2D eigenvalue weighted by atomic mass is 9.73. The summed E-state index contributed by atoms with van der Waals surface area (Å²) in [6.45, 7) is 4.72. The average Bonchev–Trinajstić information content (AvgIpc) is 2.94. The van der Waals surface area contributed by atoms with Crippen molar-refractivity contribution in [3.8, 4) is 0 Å². The van der Waals surface area contributed by atoms with Crippen molar-refractivity contribution in [2.75, 3.05) is 18.1 Å². The van der Waals surface area contributed by atoms with Crippen LogP contribution in [0.25, 0.3) is 0 Å². The van der Waals surface area contributed by atoms with E-state index < -0.39 is 30.7 Å². The fourth-order valence-electron chi connectivity index (χ4n) is 4.34. The van der Waals surface area contributed by atoms with Crippen LogP contribution < -0.4 is 10.2 Å². The van der Waals surface area contributed by atoms with Crippen molar-refractivity contribution in [2.45, 2.75) is 58.0 Å². The van der Waals surface area contributed by atoms with Gasteiger partial charge < -0.3 is 15.0 Å². The van der Waals surface area contributed by atoms with E-state index >= 15 is 0 Å². The third-order valence-corrected chi connectivity index (χ3v) is 5.96. The van der Waals surface area contributed by atoms with Crippen LogP contribution in [0.1, 0.15) is 46.5 Å².